The van der Waals surface area contributed by atoms with Crippen molar-refractivity contribution in [2.75, 3.05) is 58.7 Å². The first-order valence-corrected chi connectivity index (χ1v) is 15.6. The van der Waals surface area contributed by atoms with Crippen molar-refractivity contribution in [3.05, 3.63) is 52.8 Å². The van der Waals surface area contributed by atoms with Gasteiger partial charge in [-0.05, 0) is 83.5 Å². The lowest BCUT2D eigenvalue weighted by atomic mass is 9.93. The number of aryl methyl sites for hydroxylation is 3. The molecular formula is C34H40N8O2. The summed E-state index contributed by atoms with van der Waals surface area (Å²) in [5.41, 5.74) is 8.73. The van der Waals surface area contributed by atoms with Crippen LogP contribution in [0.2, 0.25) is 0 Å². The number of anilines is 1. The van der Waals surface area contributed by atoms with Crippen molar-refractivity contribution in [1.29, 1.82) is 0 Å². The molecule has 0 bridgehead atoms. The van der Waals surface area contributed by atoms with Crippen LogP contribution in [0.4, 0.5) is 5.82 Å². The van der Waals surface area contributed by atoms with E-state index in [2.05, 4.69) is 62.7 Å². The van der Waals surface area contributed by atoms with E-state index in [1.54, 1.807) is 7.11 Å². The van der Waals surface area contributed by atoms with Gasteiger partial charge in [0, 0.05) is 54.8 Å². The molecule has 0 saturated carbocycles. The summed E-state index contributed by atoms with van der Waals surface area (Å²) in [7, 11) is 3.90. The minimum absolute atomic E-state index is 0.718. The van der Waals surface area contributed by atoms with Crippen LogP contribution in [-0.2, 0) is 6.42 Å². The number of aromatic nitrogens is 5. The Labute approximate surface area is 257 Å². The summed E-state index contributed by atoms with van der Waals surface area (Å²) in [6.07, 6.45) is 7.33. The molecule has 0 radical (unpaired) electrons. The van der Waals surface area contributed by atoms with Crippen LogP contribution in [0.25, 0.3) is 50.4 Å². The Bertz CT molecular complexity index is 1860. The van der Waals surface area contributed by atoms with Gasteiger partial charge in [0.2, 0.25) is 0 Å². The summed E-state index contributed by atoms with van der Waals surface area (Å²) >= 11 is 0. The molecular weight excluding hydrogens is 552 g/mol. The van der Waals surface area contributed by atoms with Gasteiger partial charge in [0.05, 0.1) is 35.1 Å². The highest BCUT2D eigenvalue weighted by molar-refractivity contribution is 6.14. The minimum Gasteiger partial charge on any atom is -0.496 e. The third-order valence-electron chi connectivity index (χ3n) is 8.99. The van der Waals surface area contributed by atoms with Gasteiger partial charge in [0.1, 0.15) is 28.8 Å². The molecule has 2 aliphatic rings. The van der Waals surface area contributed by atoms with E-state index < -0.39 is 0 Å². The average molecular weight is 593 g/mol. The van der Waals surface area contributed by atoms with Gasteiger partial charge in [0.15, 0.2) is 0 Å². The zero-order valence-electron chi connectivity index (χ0n) is 26.3. The Balaban J connectivity index is 1.29. The van der Waals surface area contributed by atoms with E-state index in [1.807, 2.05) is 20.8 Å². The average Bonchev–Trinajstić information content (AvgIpc) is 3.55. The Morgan fingerprint density at radius 3 is 2.64 bits per heavy atom. The zero-order chi connectivity index (χ0) is 30.4. The van der Waals surface area contributed by atoms with Gasteiger partial charge in [0.25, 0.3) is 0 Å². The highest BCUT2D eigenvalue weighted by atomic mass is 16.5. The number of aromatic amines is 1. The van der Waals surface area contributed by atoms with Gasteiger partial charge < -0.3 is 29.4 Å². The van der Waals surface area contributed by atoms with Crippen LogP contribution in [0.1, 0.15) is 41.4 Å². The van der Waals surface area contributed by atoms with Crippen LogP contribution < -0.4 is 10.1 Å². The van der Waals surface area contributed by atoms with Crippen LogP contribution >= 0.6 is 0 Å². The number of likely N-dealkylation sites (N-methyl/N-ethyl adjacent to an activating group) is 1. The monoisotopic (exact) mass is 592 g/mol. The number of benzene rings is 1. The van der Waals surface area contributed by atoms with Crippen molar-refractivity contribution in [1.82, 2.24) is 34.9 Å². The number of nitrogens with one attached hydrogen (secondary N) is 2. The second-order valence-electron chi connectivity index (χ2n) is 12.1. The number of H-pyrrole nitrogens is 1. The number of pyridine rings is 1. The minimum atomic E-state index is 0.718. The quantitative estimate of drug-likeness (QED) is 0.217. The maximum atomic E-state index is 5.93. The number of fused-ring (bicyclic) bond motifs is 4. The smallest absolute Gasteiger partial charge is 0.142 e. The van der Waals surface area contributed by atoms with Crippen LogP contribution in [-0.4, -0.2) is 88.3 Å². The van der Waals surface area contributed by atoms with E-state index in [9.17, 15) is 0 Å². The lowest BCUT2D eigenvalue weighted by Gasteiger charge is -2.32. The summed E-state index contributed by atoms with van der Waals surface area (Å²) in [5.74, 6) is 3.11. The topological polar surface area (TPSA) is 108 Å². The molecule has 44 heavy (non-hydrogen) atoms. The lowest BCUT2D eigenvalue weighted by molar-refractivity contribution is 0.154. The summed E-state index contributed by atoms with van der Waals surface area (Å²) in [5, 5.41) is 9.80. The standard InChI is InChI=1S/C34H40N8O2/c1-20-31(21(2)44-40-20)26-17-28-25(18-29(26)43-5)32-33(36-22(3)37-34(32)39-28)24-19-30(38-27-10-7-6-9-23(24)27)35-11-8-12-42-15-13-41(4)14-16-42/h7,10,17-19H,6,8-9,11-16H2,1-5H3,(H,35,38)(H,36,37,39). The summed E-state index contributed by atoms with van der Waals surface area (Å²) in [4.78, 5) is 23.5. The van der Waals surface area contributed by atoms with Crippen LogP contribution in [0.5, 0.6) is 5.75 Å². The van der Waals surface area contributed by atoms with E-state index in [0.29, 0.717) is 0 Å². The summed E-state index contributed by atoms with van der Waals surface area (Å²) < 4.78 is 11.4. The molecule has 10 heteroatoms. The molecule has 1 saturated heterocycles. The first kappa shape index (κ1) is 28.5. The van der Waals surface area contributed by atoms with Gasteiger partial charge in [-0.3, -0.25) is 0 Å². The van der Waals surface area contributed by atoms with Gasteiger partial charge in [-0.15, -0.1) is 0 Å². The maximum absolute atomic E-state index is 5.93. The predicted octanol–water partition coefficient (Wildman–Crippen LogP) is 5.77. The van der Waals surface area contributed by atoms with Gasteiger partial charge in [-0.1, -0.05) is 11.2 Å². The molecule has 7 rings (SSSR count). The van der Waals surface area contributed by atoms with Crippen molar-refractivity contribution in [3.8, 4) is 28.1 Å². The molecule has 1 aliphatic heterocycles. The Kier molecular flexibility index (Phi) is 7.55. The van der Waals surface area contributed by atoms with Gasteiger partial charge in [-0.25, -0.2) is 15.0 Å². The number of piperazine rings is 1. The van der Waals surface area contributed by atoms with Crippen LogP contribution in [0, 0.1) is 20.8 Å². The van der Waals surface area contributed by atoms with Crippen molar-refractivity contribution < 1.29 is 9.26 Å². The second-order valence-corrected chi connectivity index (χ2v) is 12.1. The molecule has 0 spiro atoms. The highest BCUT2D eigenvalue weighted by Crippen LogP contribution is 2.42. The molecule has 0 amide bonds. The fourth-order valence-electron chi connectivity index (χ4n) is 6.67. The lowest BCUT2D eigenvalue weighted by Crippen LogP contribution is -2.44. The van der Waals surface area contributed by atoms with E-state index in [1.165, 1.54) is 5.56 Å². The van der Waals surface area contributed by atoms with E-state index >= 15 is 0 Å². The highest BCUT2D eigenvalue weighted by Gasteiger charge is 2.24. The number of allylic oxidation sites excluding steroid dienone is 1. The molecule has 1 fully saturated rings. The van der Waals surface area contributed by atoms with Gasteiger partial charge in [-0.2, -0.15) is 0 Å². The van der Waals surface area contributed by atoms with E-state index in [-0.39, 0.29) is 0 Å². The fourth-order valence-corrected chi connectivity index (χ4v) is 6.67. The molecule has 4 aromatic heterocycles. The Hall–Kier alpha value is -4.28. The van der Waals surface area contributed by atoms with Crippen molar-refractivity contribution in [3.63, 3.8) is 0 Å². The predicted molar refractivity (Wildman–Crippen MR) is 175 cm³/mol. The molecule has 1 aromatic carbocycles. The number of rotatable bonds is 8. The molecule has 1 aliphatic carbocycles. The van der Waals surface area contributed by atoms with E-state index in [4.69, 9.17) is 24.2 Å². The molecule has 0 atom stereocenters. The summed E-state index contributed by atoms with van der Waals surface area (Å²) in [6.45, 7) is 12.4. The van der Waals surface area contributed by atoms with E-state index in [0.717, 1.165) is 137 Å². The van der Waals surface area contributed by atoms with Crippen LogP contribution in [0.15, 0.2) is 28.8 Å². The zero-order valence-corrected chi connectivity index (χ0v) is 26.3. The second kappa shape index (κ2) is 11.7. The van der Waals surface area contributed by atoms with Crippen molar-refractivity contribution in [2.45, 2.75) is 40.0 Å². The normalized spacial score (nSPS) is 15.8. The van der Waals surface area contributed by atoms with Crippen molar-refractivity contribution in [2.24, 2.45) is 0 Å². The first-order valence-electron chi connectivity index (χ1n) is 15.6. The molecule has 0 unspecified atom stereocenters. The van der Waals surface area contributed by atoms with Crippen molar-refractivity contribution >= 4 is 33.8 Å². The van der Waals surface area contributed by atoms with Crippen LogP contribution in [0.3, 0.4) is 0 Å². The molecule has 228 valence electrons. The fraction of sp³-hybridized carbons (Fsp3) is 0.412. The third kappa shape index (κ3) is 5.22. The molecule has 10 nitrogen and oxygen atoms in total. The number of ether oxygens (including phenoxy) is 1. The number of methoxy groups -OCH3 is 1. The Morgan fingerprint density at radius 2 is 1.86 bits per heavy atom. The number of hydrogen-bond acceptors (Lipinski definition) is 9. The number of nitrogens with zero attached hydrogens (tertiary/aromatic N) is 6. The first-order chi connectivity index (χ1) is 21.4. The molecule has 5 heterocycles. The summed E-state index contributed by atoms with van der Waals surface area (Å²) in [6, 6.07) is 6.38. The maximum Gasteiger partial charge on any atom is 0.142 e. The molecule has 2 N–H and O–H groups in total. The Morgan fingerprint density at radius 1 is 1.02 bits per heavy atom. The largest absolute Gasteiger partial charge is 0.496 e. The SMILES string of the molecule is COc1cc2c(cc1-c1c(C)noc1C)[nH]c1nc(C)nc(-c3cc(NCCCN4CCN(C)CC4)nc4c3CCC=C4)c12. The number of hydrogen-bond donors (Lipinski definition) is 2. The third-order valence-corrected chi connectivity index (χ3v) is 8.99. The van der Waals surface area contributed by atoms with Gasteiger partial charge >= 0.3 is 0 Å². The molecule has 5 aromatic rings.